The van der Waals surface area contributed by atoms with Gasteiger partial charge >= 0.3 is 5.97 Å². The van der Waals surface area contributed by atoms with Gasteiger partial charge in [0.05, 0.1) is 56.1 Å². The Morgan fingerprint density at radius 3 is 2.60 bits per heavy atom. The van der Waals surface area contributed by atoms with Gasteiger partial charge < -0.3 is 41.0 Å². The molecule has 2 aromatic rings. The second kappa shape index (κ2) is 17.2. The molecule has 10 atom stereocenters. The van der Waals surface area contributed by atoms with Crippen molar-refractivity contribution in [2.24, 2.45) is 38.4 Å². The van der Waals surface area contributed by atoms with Crippen LogP contribution in [0.2, 0.25) is 0 Å². The maximum absolute atomic E-state index is 13.9. The number of ether oxygens (including phenoxy) is 2. The van der Waals surface area contributed by atoms with Gasteiger partial charge in [-0.1, -0.05) is 44.2 Å². The molecule has 3 aliphatic heterocycles. The van der Waals surface area contributed by atoms with E-state index < -0.39 is 40.6 Å². The lowest BCUT2D eigenvalue weighted by Gasteiger charge is -2.63. The predicted octanol–water partition coefficient (Wildman–Crippen LogP) is 3.24. The summed E-state index contributed by atoms with van der Waals surface area (Å²) < 4.78 is 12.5. The van der Waals surface area contributed by atoms with Crippen LogP contribution >= 0.6 is 0 Å². The molecular weight excluding hydrogens is 737 g/mol. The number of nitrogens with zero attached hydrogens (tertiary/aromatic N) is 4. The molecule has 5 aliphatic rings. The molecule has 3 fully saturated rings. The molecule has 14 heteroatoms. The number of benzene rings is 1. The molecule has 2 aliphatic carbocycles. The number of rotatable bonds is 17. The number of esters is 1. The van der Waals surface area contributed by atoms with E-state index in [0.29, 0.717) is 61.8 Å². The lowest BCUT2D eigenvalue weighted by Crippen LogP contribution is -2.67. The van der Waals surface area contributed by atoms with Crippen molar-refractivity contribution in [3.63, 3.8) is 0 Å². The van der Waals surface area contributed by atoms with Gasteiger partial charge in [-0.15, -0.1) is 0 Å². The number of epoxide rings is 1. The number of aliphatic imine (C=N–C) groups is 2. The number of aromatic nitrogens is 1. The van der Waals surface area contributed by atoms with Crippen LogP contribution in [-0.4, -0.2) is 121 Å². The van der Waals surface area contributed by atoms with Crippen molar-refractivity contribution in [2.75, 3.05) is 52.3 Å². The number of nitrogens with two attached hydrogens (primary N) is 1. The van der Waals surface area contributed by atoms with Crippen molar-refractivity contribution in [1.82, 2.24) is 20.5 Å². The molecule has 312 valence electrons. The molecule has 0 bridgehead atoms. The molecule has 0 radical (unpaired) electrons. The number of fused-ring (bicyclic) bond motifs is 1. The number of cyclic esters (lactones) is 1. The Balaban J connectivity index is 1.19. The van der Waals surface area contributed by atoms with Crippen LogP contribution in [-0.2, 0) is 19.1 Å². The van der Waals surface area contributed by atoms with Crippen molar-refractivity contribution < 1.29 is 29.3 Å². The number of amidine groups is 1. The number of allylic oxidation sites excluding steroid dienone is 1. The van der Waals surface area contributed by atoms with Gasteiger partial charge in [0, 0.05) is 37.0 Å². The third-order valence-electron chi connectivity index (χ3n) is 13.5. The first-order chi connectivity index (χ1) is 27.8. The average molecular weight is 797 g/mol. The molecule has 7 unspecified atom stereocenters. The quantitative estimate of drug-likeness (QED) is 0.0778. The molecule has 1 aromatic heterocycles. The summed E-state index contributed by atoms with van der Waals surface area (Å²) in [5.41, 5.74) is 6.81. The number of Topliss-reactive ketones (excluding diaryl/α,β-unsaturated/α-hetero) is 1. The topological polar surface area (TPSA) is 199 Å². The van der Waals surface area contributed by atoms with Crippen molar-refractivity contribution >= 4 is 35.7 Å². The van der Waals surface area contributed by atoms with E-state index in [0.717, 1.165) is 24.2 Å². The minimum absolute atomic E-state index is 0.0193. The smallest absolute Gasteiger partial charge is 0.341 e. The van der Waals surface area contributed by atoms with Gasteiger partial charge in [0.2, 0.25) is 0 Å². The molecule has 1 aromatic carbocycles. The molecule has 7 rings (SSSR count). The summed E-state index contributed by atoms with van der Waals surface area (Å²) in [7, 11) is 4.04. The van der Waals surface area contributed by atoms with Gasteiger partial charge in [-0.05, 0) is 99.4 Å². The molecule has 1 saturated heterocycles. The Kier molecular flexibility index (Phi) is 12.5. The Hall–Kier alpha value is -4.15. The lowest BCUT2D eigenvalue weighted by molar-refractivity contribution is -0.184. The number of pyridine rings is 1. The van der Waals surface area contributed by atoms with E-state index >= 15 is 0 Å². The van der Waals surface area contributed by atoms with E-state index in [1.165, 1.54) is 0 Å². The highest BCUT2D eigenvalue weighted by Crippen LogP contribution is 2.66. The van der Waals surface area contributed by atoms with E-state index in [4.69, 9.17) is 15.2 Å². The molecule has 1 spiro atoms. The summed E-state index contributed by atoms with van der Waals surface area (Å²) >= 11 is 0. The molecule has 2 saturated carbocycles. The zero-order chi connectivity index (χ0) is 41.2. The van der Waals surface area contributed by atoms with Crippen LogP contribution in [0.25, 0.3) is 6.08 Å². The van der Waals surface area contributed by atoms with Crippen LogP contribution in [0.15, 0.2) is 76.1 Å². The molecule has 7 N–H and O–H groups in total. The minimum Gasteiger partial charge on any atom is -0.423 e. The van der Waals surface area contributed by atoms with Crippen molar-refractivity contribution in [3.05, 3.63) is 77.2 Å². The van der Waals surface area contributed by atoms with E-state index in [1.807, 2.05) is 82.6 Å². The summed E-state index contributed by atoms with van der Waals surface area (Å²) in [6.07, 6.45) is 8.49. The van der Waals surface area contributed by atoms with Gasteiger partial charge in [-0.3, -0.25) is 15.1 Å². The zero-order valence-electron chi connectivity index (χ0n) is 34.4. The molecule has 0 amide bonds. The summed E-state index contributed by atoms with van der Waals surface area (Å²) in [6.45, 7) is 8.51. The number of likely N-dealkylation sites (N-methyl/N-ethyl adjacent to an activating group) is 1. The van der Waals surface area contributed by atoms with Crippen LogP contribution in [0.1, 0.15) is 70.2 Å². The fraction of sp³-hybridized carbons (Fsp3) is 0.568. The Morgan fingerprint density at radius 2 is 1.95 bits per heavy atom. The largest absolute Gasteiger partial charge is 0.423 e. The first kappa shape index (κ1) is 42.0. The summed E-state index contributed by atoms with van der Waals surface area (Å²) in [5.74, 6) is 0.811. The number of anilines is 1. The normalized spacial score (nSPS) is 32.4. The zero-order valence-corrected chi connectivity index (χ0v) is 34.4. The molecule has 4 heterocycles. The Labute approximate surface area is 341 Å². The van der Waals surface area contributed by atoms with E-state index in [2.05, 4.69) is 42.7 Å². The standard InChI is InChI=1S/C44H60N8O6/c1-27(33(54)23-39-47-16-17-48-39)50-36-24-34-42(2,14-13-37(55)43(34,3)25-53)35(44(36)26-57-44)22-32(51-38-8-6-7-15-46-38)31-21-30(58-41(31)56)20-28-9-11-29(12-10-28)40(45)49-18-19-52(4)5/h6-12,15-16,20-21,27,32,34-37,40,49-50,53,55H,13-14,17-19,22-26,45H2,1-5H3,(H,46,51)/b30-20+/t27?,32?,34?,35?,36?,37-,40?,42+,43+,44?/m1/s1. The molecule has 14 nitrogen and oxygen atoms in total. The lowest BCUT2D eigenvalue weighted by atomic mass is 9.43. The van der Waals surface area contributed by atoms with Crippen LogP contribution < -0.4 is 21.7 Å². The number of nitrogens with one attached hydrogen (secondary N) is 3. The van der Waals surface area contributed by atoms with E-state index in [9.17, 15) is 19.8 Å². The monoisotopic (exact) mass is 796 g/mol. The number of carbonyl (C=O) groups excluding carboxylic acids is 2. The highest BCUT2D eigenvalue weighted by Gasteiger charge is 2.71. The maximum Gasteiger partial charge on any atom is 0.341 e. The van der Waals surface area contributed by atoms with Crippen molar-refractivity contribution in [2.45, 2.75) is 88.9 Å². The third-order valence-corrected chi connectivity index (χ3v) is 13.5. The maximum atomic E-state index is 13.9. The van der Waals surface area contributed by atoms with Crippen LogP contribution in [0, 0.1) is 22.7 Å². The fourth-order valence-electron chi connectivity index (χ4n) is 10.0. The number of aliphatic hydroxyl groups excluding tert-OH is 2. The average Bonchev–Trinajstić information content (AvgIpc) is 3.65. The van der Waals surface area contributed by atoms with E-state index in [1.54, 1.807) is 12.4 Å². The first-order valence-electron chi connectivity index (χ1n) is 20.6. The second-order valence-electron chi connectivity index (χ2n) is 17.5. The SMILES string of the molecule is CC(NC1CC2[C@](C)(CC[C@@H](O)[C@@]2(C)CO)C(CC(Nc2ccccn2)C2=C/C(=C\c3ccc(C(N)NCCN(C)C)cc3)OC2=O)C12CO2)C(=O)CC1=NCC=N1. The van der Waals surface area contributed by atoms with Gasteiger partial charge in [-0.25, -0.2) is 14.8 Å². The summed E-state index contributed by atoms with van der Waals surface area (Å²) in [6, 6.07) is 12.1. The minimum atomic E-state index is -0.796. The first-order valence-corrected chi connectivity index (χ1v) is 20.6. The van der Waals surface area contributed by atoms with Crippen LogP contribution in [0.4, 0.5) is 5.82 Å². The number of hydrogen-bond acceptors (Lipinski definition) is 14. The molecule has 58 heavy (non-hydrogen) atoms. The van der Waals surface area contributed by atoms with Crippen molar-refractivity contribution in [1.29, 1.82) is 0 Å². The van der Waals surface area contributed by atoms with Crippen LogP contribution in [0.5, 0.6) is 0 Å². The third kappa shape index (κ3) is 8.60. The number of carbonyl (C=O) groups is 2. The Morgan fingerprint density at radius 1 is 1.17 bits per heavy atom. The van der Waals surface area contributed by atoms with Gasteiger partial charge in [0.15, 0.2) is 5.78 Å². The summed E-state index contributed by atoms with van der Waals surface area (Å²) in [5, 5.41) is 33.0. The number of ketones is 1. The van der Waals surface area contributed by atoms with E-state index in [-0.39, 0.29) is 42.9 Å². The fourth-order valence-corrected chi connectivity index (χ4v) is 10.0. The predicted molar refractivity (Wildman–Crippen MR) is 224 cm³/mol. The molecular formula is C44H60N8O6. The highest BCUT2D eigenvalue weighted by molar-refractivity contribution is 6.07. The van der Waals surface area contributed by atoms with Gasteiger partial charge in [0.1, 0.15) is 23.0 Å². The van der Waals surface area contributed by atoms with Crippen LogP contribution in [0.3, 0.4) is 0 Å². The van der Waals surface area contributed by atoms with Crippen molar-refractivity contribution in [3.8, 4) is 0 Å². The van der Waals surface area contributed by atoms with Gasteiger partial charge in [-0.2, -0.15) is 0 Å². The summed E-state index contributed by atoms with van der Waals surface area (Å²) in [4.78, 5) is 42.6. The Bertz CT molecular complexity index is 1930. The van der Waals surface area contributed by atoms with Gasteiger partial charge in [0.25, 0.3) is 0 Å². The highest BCUT2D eigenvalue weighted by atomic mass is 16.6. The second-order valence-corrected chi connectivity index (χ2v) is 17.5. The number of hydrogen-bond donors (Lipinski definition) is 6. The number of aliphatic hydroxyl groups is 2.